The van der Waals surface area contributed by atoms with Crippen LogP contribution in [0.3, 0.4) is 0 Å². The molecule has 0 radical (unpaired) electrons. The Morgan fingerprint density at radius 3 is 2.18 bits per heavy atom. The van der Waals surface area contributed by atoms with Gasteiger partial charge in [0.1, 0.15) is 5.82 Å². The highest BCUT2D eigenvalue weighted by atomic mass is 19.4. The molecule has 1 aromatic carbocycles. The molecule has 0 bridgehead atoms. The van der Waals surface area contributed by atoms with Crippen molar-refractivity contribution in [2.75, 3.05) is 26.2 Å². The van der Waals surface area contributed by atoms with Crippen LogP contribution in [0.2, 0.25) is 0 Å². The van der Waals surface area contributed by atoms with Crippen molar-refractivity contribution in [3.63, 3.8) is 0 Å². The third-order valence-corrected chi connectivity index (χ3v) is 3.95. The molecule has 124 valence electrons. The van der Waals surface area contributed by atoms with Crippen LogP contribution in [-0.2, 0) is 6.18 Å². The zero-order valence-electron chi connectivity index (χ0n) is 13.1. The van der Waals surface area contributed by atoms with Crippen LogP contribution >= 0.6 is 0 Å². The van der Waals surface area contributed by atoms with Crippen LogP contribution in [0.5, 0.6) is 0 Å². The number of piperazine rings is 1. The fourth-order valence-electron chi connectivity index (χ4n) is 3.16. The standard InChI is InChI=1S/C16H22F4N2/c1-15(2,3)14(22-8-6-21-7-9-22)12-5-4-11(17)10-13(12)16(18,19)20/h4-5,10,14,21H,6-9H2,1-3H3/t14-/m1/s1. The molecular weight excluding hydrogens is 296 g/mol. The van der Waals surface area contributed by atoms with Crippen LogP contribution < -0.4 is 5.32 Å². The lowest BCUT2D eigenvalue weighted by Gasteiger charge is -2.43. The van der Waals surface area contributed by atoms with Gasteiger partial charge in [-0.15, -0.1) is 0 Å². The van der Waals surface area contributed by atoms with E-state index in [1.54, 1.807) is 0 Å². The third kappa shape index (κ3) is 3.79. The van der Waals surface area contributed by atoms with E-state index in [1.807, 2.05) is 20.8 Å². The van der Waals surface area contributed by atoms with Crippen molar-refractivity contribution in [2.45, 2.75) is 33.0 Å². The molecule has 2 rings (SSSR count). The minimum atomic E-state index is -4.56. The Kier molecular flexibility index (Phi) is 4.82. The van der Waals surface area contributed by atoms with Gasteiger partial charge in [-0.05, 0) is 23.1 Å². The van der Waals surface area contributed by atoms with Crippen LogP contribution in [0.15, 0.2) is 18.2 Å². The summed E-state index contributed by atoms with van der Waals surface area (Å²) in [6, 6.07) is 2.60. The van der Waals surface area contributed by atoms with Gasteiger partial charge >= 0.3 is 6.18 Å². The summed E-state index contributed by atoms with van der Waals surface area (Å²) < 4.78 is 53.4. The molecule has 0 saturated carbocycles. The first-order valence-electron chi connectivity index (χ1n) is 7.42. The Morgan fingerprint density at radius 1 is 1.09 bits per heavy atom. The van der Waals surface area contributed by atoms with Crippen molar-refractivity contribution in [3.8, 4) is 0 Å². The molecule has 1 aliphatic rings. The van der Waals surface area contributed by atoms with Crippen molar-refractivity contribution in [1.82, 2.24) is 10.2 Å². The van der Waals surface area contributed by atoms with Gasteiger partial charge in [0, 0.05) is 32.2 Å². The van der Waals surface area contributed by atoms with Gasteiger partial charge in [0.2, 0.25) is 0 Å². The summed E-state index contributed by atoms with van der Waals surface area (Å²) in [6.07, 6.45) is -4.56. The summed E-state index contributed by atoms with van der Waals surface area (Å²) in [7, 11) is 0. The summed E-state index contributed by atoms with van der Waals surface area (Å²) in [4.78, 5) is 2.05. The van der Waals surface area contributed by atoms with E-state index in [2.05, 4.69) is 10.2 Å². The van der Waals surface area contributed by atoms with Gasteiger partial charge in [0.15, 0.2) is 0 Å². The lowest BCUT2D eigenvalue weighted by atomic mass is 9.79. The summed E-state index contributed by atoms with van der Waals surface area (Å²) in [5.74, 6) is -0.857. The topological polar surface area (TPSA) is 15.3 Å². The summed E-state index contributed by atoms with van der Waals surface area (Å²) >= 11 is 0. The summed E-state index contributed by atoms with van der Waals surface area (Å²) in [5, 5.41) is 3.20. The predicted molar refractivity (Wildman–Crippen MR) is 78.0 cm³/mol. The molecule has 0 aliphatic carbocycles. The van der Waals surface area contributed by atoms with E-state index in [1.165, 1.54) is 6.07 Å². The summed E-state index contributed by atoms with van der Waals surface area (Å²) in [5.41, 5.74) is -1.11. The molecule has 1 fully saturated rings. The fourth-order valence-corrected chi connectivity index (χ4v) is 3.16. The quantitative estimate of drug-likeness (QED) is 0.834. The number of nitrogens with one attached hydrogen (secondary N) is 1. The number of hydrogen-bond donors (Lipinski definition) is 1. The first kappa shape index (κ1) is 17.2. The third-order valence-electron chi connectivity index (χ3n) is 3.95. The van der Waals surface area contributed by atoms with Crippen molar-refractivity contribution >= 4 is 0 Å². The molecule has 1 atom stereocenters. The maximum atomic E-state index is 13.4. The normalized spacial score (nSPS) is 19.2. The largest absolute Gasteiger partial charge is 0.416 e. The Bertz CT molecular complexity index is 514. The highest BCUT2D eigenvalue weighted by molar-refractivity contribution is 5.34. The lowest BCUT2D eigenvalue weighted by Crippen LogP contribution is -2.48. The molecular formula is C16H22F4N2. The molecule has 1 aromatic rings. The molecule has 0 amide bonds. The molecule has 22 heavy (non-hydrogen) atoms. The van der Waals surface area contributed by atoms with Gasteiger partial charge in [-0.3, -0.25) is 4.90 Å². The second-order valence-electron chi connectivity index (χ2n) is 6.78. The minimum Gasteiger partial charge on any atom is -0.314 e. The number of nitrogens with zero attached hydrogens (tertiary/aromatic N) is 1. The van der Waals surface area contributed by atoms with E-state index < -0.39 is 29.0 Å². The number of alkyl halides is 3. The average Bonchev–Trinajstić information content (AvgIpc) is 2.39. The van der Waals surface area contributed by atoms with Gasteiger partial charge in [-0.25, -0.2) is 4.39 Å². The zero-order chi connectivity index (χ0) is 16.5. The van der Waals surface area contributed by atoms with E-state index in [0.29, 0.717) is 19.2 Å². The Hall–Kier alpha value is -1.14. The molecule has 1 saturated heterocycles. The zero-order valence-corrected chi connectivity index (χ0v) is 13.1. The molecule has 1 N–H and O–H groups in total. The monoisotopic (exact) mass is 318 g/mol. The van der Waals surface area contributed by atoms with Crippen molar-refractivity contribution in [3.05, 3.63) is 35.1 Å². The second-order valence-corrected chi connectivity index (χ2v) is 6.78. The molecule has 6 heteroatoms. The van der Waals surface area contributed by atoms with E-state index in [9.17, 15) is 17.6 Å². The Labute approximate surface area is 128 Å². The van der Waals surface area contributed by atoms with Crippen LogP contribution in [0.25, 0.3) is 0 Å². The predicted octanol–water partition coefficient (Wildman–Crippen LogP) is 3.84. The second kappa shape index (κ2) is 6.16. The van der Waals surface area contributed by atoms with Gasteiger partial charge in [-0.1, -0.05) is 26.8 Å². The van der Waals surface area contributed by atoms with Gasteiger partial charge < -0.3 is 5.32 Å². The number of benzene rings is 1. The van der Waals surface area contributed by atoms with E-state index in [-0.39, 0.29) is 5.56 Å². The fraction of sp³-hybridized carbons (Fsp3) is 0.625. The molecule has 1 aliphatic heterocycles. The molecule has 1 heterocycles. The van der Waals surface area contributed by atoms with Gasteiger partial charge in [0.25, 0.3) is 0 Å². The number of halogens is 4. The first-order valence-corrected chi connectivity index (χ1v) is 7.42. The van der Waals surface area contributed by atoms with E-state index >= 15 is 0 Å². The summed E-state index contributed by atoms with van der Waals surface area (Å²) in [6.45, 7) is 8.60. The van der Waals surface area contributed by atoms with Gasteiger partial charge in [-0.2, -0.15) is 13.2 Å². The minimum absolute atomic E-state index is 0.156. The Balaban J connectivity index is 2.52. The Morgan fingerprint density at radius 2 is 1.68 bits per heavy atom. The van der Waals surface area contributed by atoms with E-state index in [0.717, 1.165) is 19.2 Å². The average molecular weight is 318 g/mol. The van der Waals surface area contributed by atoms with Crippen molar-refractivity contribution in [2.24, 2.45) is 5.41 Å². The van der Waals surface area contributed by atoms with Crippen molar-refractivity contribution in [1.29, 1.82) is 0 Å². The van der Waals surface area contributed by atoms with Crippen molar-refractivity contribution < 1.29 is 17.6 Å². The number of rotatable bonds is 2. The maximum Gasteiger partial charge on any atom is 0.416 e. The number of hydrogen-bond acceptors (Lipinski definition) is 2. The SMILES string of the molecule is CC(C)(C)[C@@H](c1ccc(F)cc1C(F)(F)F)N1CCNCC1. The van der Waals surface area contributed by atoms with Crippen LogP contribution in [0.4, 0.5) is 17.6 Å². The maximum absolute atomic E-state index is 13.4. The molecule has 0 aromatic heterocycles. The van der Waals surface area contributed by atoms with Gasteiger partial charge in [0.05, 0.1) is 5.56 Å². The van der Waals surface area contributed by atoms with Crippen LogP contribution in [0, 0.1) is 11.2 Å². The molecule has 0 spiro atoms. The van der Waals surface area contributed by atoms with Crippen LogP contribution in [-0.4, -0.2) is 31.1 Å². The smallest absolute Gasteiger partial charge is 0.314 e. The lowest BCUT2D eigenvalue weighted by molar-refractivity contribution is -0.139. The first-order chi connectivity index (χ1) is 10.1. The van der Waals surface area contributed by atoms with Crippen LogP contribution in [0.1, 0.15) is 37.9 Å². The molecule has 0 unspecified atom stereocenters. The highest BCUT2D eigenvalue weighted by Gasteiger charge is 2.40. The molecule has 2 nitrogen and oxygen atoms in total. The highest BCUT2D eigenvalue weighted by Crippen LogP contribution is 2.44. The van der Waals surface area contributed by atoms with E-state index in [4.69, 9.17) is 0 Å².